The van der Waals surface area contributed by atoms with Crippen LogP contribution < -0.4 is 10.9 Å². The number of nitrogens with zero attached hydrogens (tertiary/aromatic N) is 3. The molecule has 0 spiro atoms. The standard InChI is InChI=1S/C14H12ClFN4OS/c1-2-11-19-20-12(21)6-8(18-14(20)22-11)7-17-10-5-3-4-9(15)13(10)16/h3-6,17H,2,7H2,1H3. The molecule has 3 rings (SSSR count). The number of anilines is 1. The van der Waals surface area contributed by atoms with Crippen molar-refractivity contribution in [1.82, 2.24) is 14.6 Å². The number of halogens is 2. The van der Waals surface area contributed by atoms with Gasteiger partial charge < -0.3 is 5.32 Å². The molecule has 0 bridgehead atoms. The first kappa shape index (κ1) is 14.9. The third-order valence-electron chi connectivity index (χ3n) is 3.05. The molecule has 114 valence electrons. The highest BCUT2D eigenvalue weighted by atomic mass is 35.5. The molecular weight excluding hydrogens is 327 g/mol. The molecule has 0 atom stereocenters. The largest absolute Gasteiger partial charge is 0.377 e. The Hall–Kier alpha value is -1.99. The van der Waals surface area contributed by atoms with E-state index in [4.69, 9.17) is 11.6 Å². The molecule has 0 unspecified atom stereocenters. The monoisotopic (exact) mass is 338 g/mol. The Labute approximate surface area is 134 Å². The molecule has 2 heterocycles. The van der Waals surface area contributed by atoms with Gasteiger partial charge in [-0.2, -0.15) is 9.61 Å². The summed E-state index contributed by atoms with van der Waals surface area (Å²) in [5.41, 5.74) is 0.549. The fourth-order valence-electron chi connectivity index (χ4n) is 1.96. The molecule has 22 heavy (non-hydrogen) atoms. The van der Waals surface area contributed by atoms with Crippen molar-refractivity contribution in [2.75, 3.05) is 5.32 Å². The van der Waals surface area contributed by atoms with Crippen LogP contribution >= 0.6 is 22.9 Å². The number of benzene rings is 1. The lowest BCUT2D eigenvalue weighted by Gasteiger charge is -2.07. The number of hydrogen-bond acceptors (Lipinski definition) is 5. The molecule has 0 aliphatic heterocycles. The Balaban J connectivity index is 1.88. The SMILES string of the molecule is CCc1nn2c(=O)cc(CNc3cccc(Cl)c3F)nc2s1. The molecule has 3 aromatic rings. The van der Waals surface area contributed by atoms with Crippen LogP contribution in [0.2, 0.25) is 5.02 Å². The van der Waals surface area contributed by atoms with Crippen molar-refractivity contribution in [3.63, 3.8) is 0 Å². The maximum Gasteiger partial charge on any atom is 0.275 e. The molecule has 0 saturated carbocycles. The van der Waals surface area contributed by atoms with Crippen molar-refractivity contribution in [3.8, 4) is 0 Å². The van der Waals surface area contributed by atoms with Gasteiger partial charge in [-0.25, -0.2) is 9.37 Å². The summed E-state index contributed by atoms with van der Waals surface area (Å²) < 4.78 is 15.1. The van der Waals surface area contributed by atoms with Gasteiger partial charge in [0.05, 0.1) is 22.9 Å². The van der Waals surface area contributed by atoms with Gasteiger partial charge in [0.1, 0.15) is 5.01 Å². The van der Waals surface area contributed by atoms with Crippen molar-refractivity contribution in [2.45, 2.75) is 19.9 Å². The van der Waals surface area contributed by atoms with Gasteiger partial charge >= 0.3 is 0 Å². The zero-order valence-corrected chi connectivity index (χ0v) is 13.2. The van der Waals surface area contributed by atoms with Gasteiger partial charge in [0.25, 0.3) is 5.56 Å². The molecular formula is C14H12ClFN4OS. The van der Waals surface area contributed by atoms with Crippen LogP contribution in [-0.4, -0.2) is 14.6 Å². The number of rotatable bonds is 4. The van der Waals surface area contributed by atoms with Gasteiger partial charge in [-0.05, 0) is 18.6 Å². The maximum atomic E-state index is 13.8. The topological polar surface area (TPSA) is 59.3 Å². The molecule has 0 amide bonds. The van der Waals surface area contributed by atoms with Gasteiger partial charge in [-0.3, -0.25) is 4.79 Å². The predicted octanol–water partition coefficient (Wildman–Crippen LogP) is 3.12. The first-order valence-corrected chi connectivity index (χ1v) is 7.84. The second kappa shape index (κ2) is 6.02. The summed E-state index contributed by atoms with van der Waals surface area (Å²) in [4.78, 5) is 16.9. The third kappa shape index (κ3) is 2.82. The highest BCUT2D eigenvalue weighted by molar-refractivity contribution is 7.16. The fraction of sp³-hybridized carbons (Fsp3) is 0.214. The van der Waals surface area contributed by atoms with Crippen LogP contribution in [0.25, 0.3) is 4.96 Å². The van der Waals surface area contributed by atoms with E-state index in [9.17, 15) is 9.18 Å². The van der Waals surface area contributed by atoms with E-state index < -0.39 is 5.82 Å². The van der Waals surface area contributed by atoms with Gasteiger partial charge in [0.2, 0.25) is 4.96 Å². The van der Waals surface area contributed by atoms with Crippen molar-refractivity contribution in [1.29, 1.82) is 0 Å². The zero-order chi connectivity index (χ0) is 15.7. The van der Waals surface area contributed by atoms with Crippen LogP contribution in [0.3, 0.4) is 0 Å². The molecule has 0 aliphatic rings. The minimum Gasteiger partial charge on any atom is -0.377 e. The van der Waals surface area contributed by atoms with Crippen LogP contribution in [0.15, 0.2) is 29.1 Å². The Morgan fingerprint density at radius 2 is 2.27 bits per heavy atom. The van der Waals surface area contributed by atoms with Crippen LogP contribution in [0.4, 0.5) is 10.1 Å². The Bertz CT molecular complexity index is 892. The second-order valence-corrected chi connectivity index (χ2v) is 6.03. The maximum absolute atomic E-state index is 13.8. The zero-order valence-electron chi connectivity index (χ0n) is 11.6. The molecule has 8 heteroatoms. The third-order valence-corrected chi connectivity index (χ3v) is 4.40. The molecule has 0 aliphatic carbocycles. The van der Waals surface area contributed by atoms with E-state index in [1.165, 1.54) is 28.0 Å². The average Bonchev–Trinajstić information content (AvgIpc) is 2.92. The quantitative estimate of drug-likeness (QED) is 0.794. The Morgan fingerprint density at radius 3 is 3.05 bits per heavy atom. The molecule has 0 radical (unpaired) electrons. The lowest BCUT2D eigenvalue weighted by molar-refractivity contribution is 0.630. The van der Waals surface area contributed by atoms with Gasteiger partial charge in [0.15, 0.2) is 5.82 Å². The molecule has 5 nitrogen and oxygen atoms in total. The summed E-state index contributed by atoms with van der Waals surface area (Å²) >= 11 is 7.10. The van der Waals surface area contributed by atoms with Crippen LogP contribution in [0.1, 0.15) is 17.6 Å². The van der Waals surface area contributed by atoms with Crippen molar-refractivity contribution in [3.05, 3.63) is 56.2 Å². The molecule has 1 aromatic carbocycles. The highest BCUT2D eigenvalue weighted by Crippen LogP contribution is 2.22. The summed E-state index contributed by atoms with van der Waals surface area (Å²) in [5, 5.41) is 7.96. The van der Waals surface area contributed by atoms with Crippen molar-refractivity contribution in [2.24, 2.45) is 0 Å². The number of aromatic nitrogens is 3. The van der Waals surface area contributed by atoms with E-state index in [2.05, 4.69) is 15.4 Å². The van der Waals surface area contributed by atoms with E-state index >= 15 is 0 Å². The first-order chi connectivity index (χ1) is 10.6. The van der Waals surface area contributed by atoms with Gasteiger partial charge in [-0.1, -0.05) is 35.9 Å². The van der Waals surface area contributed by atoms with Crippen molar-refractivity contribution >= 4 is 33.6 Å². The summed E-state index contributed by atoms with van der Waals surface area (Å²) in [6, 6.07) is 6.09. The Morgan fingerprint density at radius 1 is 1.45 bits per heavy atom. The summed E-state index contributed by atoms with van der Waals surface area (Å²) in [6.07, 6.45) is 0.745. The van der Waals surface area contributed by atoms with E-state index in [0.717, 1.165) is 11.4 Å². The molecule has 2 aromatic heterocycles. The number of aryl methyl sites for hydroxylation is 1. The Kier molecular flexibility index (Phi) is 4.08. The molecule has 0 saturated heterocycles. The van der Waals surface area contributed by atoms with Crippen LogP contribution in [0, 0.1) is 5.82 Å². The van der Waals surface area contributed by atoms with Crippen molar-refractivity contribution < 1.29 is 4.39 Å². The minimum absolute atomic E-state index is 0.0449. The first-order valence-electron chi connectivity index (χ1n) is 6.65. The summed E-state index contributed by atoms with van der Waals surface area (Å²) in [6.45, 7) is 2.19. The summed E-state index contributed by atoms with van der Waals surface area (Å²) in [7, 11) is 0. The molecule has 0 fully saturated rings. The second-order valence-electron chi connectivity index (χ2n) is 4.58. The number of nitrogens with one attached hydrogen (secondary N) is 1. The lowest BCUT2D eigenvalue weighted by Crippen LogP contribution is -2.17. The molecule has 1 N–H and O–H groups in total. The van der Waals surface area contributed by atoms with Gasteiger partial charge in [-0.15, -0.1) is 0 Å². The summed E-state index contributed by atoms with van der Waals surface area (Å²) in [5.74, 6) is -0.520. The van der Waals surface area contributed by atoms with Crippen LogP contribution in [0.5, 0.6) is 0 Å². The van der Waals surface area contributed by atoms with Crippen LogP contribution in [-0.2, 0) is 13.0 Å². The van der Waals surface area contributed by atoms with E-state index in [1.807, 2.05) is 6.92 Å². The minimum atomic E-state index is -0.520. The van der Waals surface area contributed by atoms with E-state index in [0.29, 0.717) is 10.7 Å². The van der Waals surface area contributed by atoms with Gasteiger partial charge in [0, 0.05) is 6.07 Å². The fourth-order valence-corrected chi connectivity index (χ4v) is 2.99. The normalized spacial score (nSPS) is 11.0. The average molecular weight is 339 g/mol. The highest BCUT2D eigenvalue weighted by Gasteiger charge is 2.09. The number of hydrogen-bond donors (Lipinski definition) is 1. The van der Waals surface area contributed by atoms with E-state index in [-0.39, 0.29) is 22.8 Å². The lowest BCUT2D eigenvalue weighted by atomic mass is 10.3. The van der Waals surface area contributed by atoms with E-state index in [1.54, 1.807) is 12.1 Å². The number of fused-ring (bicyclic) bond motifs is 1. The predicted molar refractivity (Wildman–Crippen MR) is 85.2 cm³/mol. The smallest absolute Gasteiger partial charge is 0.275 e.